The lowest BCUT2D eigenvalue weighted by Gasteiger charge is -2.35. The average Bonchev–Trinajstić information content (AvgIpc) is 2.79. The van der Waals surface area contributed by atoms with Crippen LogP contribution in [0.1, 0.15) is 30.5 Å². The van der Waals surface area contributed by atoms with Gasteiger partial charge in [0.05, 0.1) is 19.2 Å². The second-order valence-corrected chi connectivity index (χ2v) is 8.50. The van der Waals surface area contributed by atoms with Crippen LogP contribution in [0.15, 0.2) is 47.5 Å². The smallest absolute Gasteiger partial charge is 0.192 e. The van der Waals surface area contributed by atoms with Crippen LogP contribution in [0.5, 0.6) is 5.75 Å². The highest BCUT2D eigenvalue weighted by atomic mass is 35.5. The molecule has 31 heavy (non-hydrogen) atoms. The molecule has 0 amide bonds. The van der Waals surface area contributed by atoms with Gasteiger partial charge in [-0.15, -0.1) is 0 Å². The van der Waals surface area contributed by atoms with Crippen molar-refractivity contribution in [2.75, 3.05) is 51.3 Å². The third-order valence-electron chi connectivity index (χ3n) is 5.95. The average molecular weight is 442 g/mol. The van der Waals surface area contributed by atoms with Crippen molar-refractivity contribution in [3.8, 4) is 5.75 Å². The second kappa shape index (κ2) is 10.2. The van der Waals surface area contributed by atoms with E-state index in [2.05, 4.69) is 52.6 Å². The molecule has 0 aromatic heterocycles. The van der Waals surface area contributed by atoms with Gasteiger partial charge in [0.1, 0.15) is 5.75 Å². The number of hydrogen-bond donors (Lipinski definition) is 2. The van der Waals surface area contributed by atoms with Crippen LogP contribution in [-0.2, 0) is 6.54 Å². The van der Waals surface area contributed by atoms with Crippen LogP contribution in [-0.4, -0.2) is 57.2 Å². The van der Waals surface area contributed by atoms with Crippen LogP contribution in [0.25, 0.3) is 0 Å². The number of halogens is 1. The number of rotatable bonds is 5. The van der Waals surface area contributed by atoms with Gasteiger partial charge in [0.2, 0.25) is 0 Å². The Balaban J connectivity index is 1.53. The highest BCUT2D eigenvalue weighted by Gasteiger charge is 2.22. The van der Waals surface area contributed by atoms with Gasteiger partial charge in [0.15, 0.2) is 5.96 Å². The predicted octanol–water partition coefficient (Wildman–Crippen LogP) is 3.67. The summed E-state index contributed by atoms with van der Waals surface area (Å²) >= 11 is 6.63. The Morgan fingerprint density at radius 3 is 2.74 bits per heavy atom. The molecule has 2 N–H and O–H groups in total. The van der Waals surface area contributed by atoms with Crippen molar-refractivity contribution in [2.45, 2.75) is 25.9 Å². The molecule has 0 radical (unpaired) electrons. The molecule has 2 aliphatic heterocycles. The number of fused-ring (bicyclic) bond motifs is 1. The lowest BCUT2D eigenvalue weighted by molar-refractivity contribution is 0.261. The molecule has 2 aromatic rings. The highest BCUT2D eigenvalue weighted by molar-refractivity contribution is 6.31. The summed E-state index contributed by atoms with van der Waals surface area (Å²) in [7, 11) is 2.17. The molecule has 2 aliphatic rings. The van der Waals surface area contributed by atoms with Crippen LogP contribution >= 0.6 is 11.6 Å². The Hall–Kier alpha value is -2.44. The molecule has 4 rings (SSSR count). The third-order valence-corrected chi connectivity index (χ3v) is 6.30. The number of nitrogens with one attached hydrogen (secondary N) is 2. The van der Waals surface area contributed by atoms with Crippen molar-refractivity contribution in [2.24, 2.45) is 4.99 Å². The van der Waals surface area contributed by atoms with Gasteiger partial charge in [0.25, 0.3) is 0 Å². The van der Waals surface area contributed by atoms with Crippen LogP contribution in [0.3, 0.4) is 0 Å². The number of nitrogens with zero attached hydrogens (tertiary/aromatic N) is 3. The van der Waals surface area contributed by atoms with E-state index in [9.17, 15) is 0 Å². The molecule has 1 unspecified atom stereocenters. The van der Waals surface area contributed by atoms with Gasteiger partial charge in [-0.2, -0.15) is 0 Å². The highest BCUT2D eigenvalue weighted by Crippen LogP contribution is 2.32. The molecule has 0 aliphatic carbocycles. The van der Waals surface area contributed by atoms with Gasteiger partial charge < -0.3 is 25.2 Å². The zero-order chi connectivity index (χ0) is 21.6. The second-order valence-electron chi connectivity index (χ2n) is 8.09. The molecule has 0 saturated carbocycles. The molecule has 1 atom stereocenters. The van der Waals surface area contributed by atoms with Gasteiger partial charge in [-0.3, -0.25) is 0 Å². The first-order chi connectivity index (χ1) is 15.2. The number of guanidine groups is 1. The van der Waals surface area contributed by atoms with Crippen molar-refractivity contribution in [3.05, 3.63) is 58.6 Å². The minimum Gasteiger partial charge on any atom is -0.493 e. The van der Waals surface area contributed by atoms with E-state index in [4.69, 9.17) is 21.3 Å². The summed E-state index contributed by atoms with van der Waals surface area (Å²) < 4.78 is 5.80. The summed E-state index contributed by atoms with van der Waals surface area (Å²) in [5.41, 5.74) is 3.45. The molecular weight excluding hydrogens is 410 g/mol. The standard InChI is InChI=1S/C24H32ClN5O/c1-3-26-24(28-21-11-16-31-23-10-5-4-7-18(21)23)27-17-19-20(25)8-6-9-22(19)30-14-12-29(2)13-15-30/h4-10,21H,3,11-17H2,1-2H3,(H2,26,27,28). The molecule has 1 saturated heterocycles. The number of hydrogen-bond acceptors (Lipinski definition) is 4. The van der Waals surface area contributed by atoms with Gasteiger partial charge in [-0.1, -0.05) is 35.9 Å². The zero-order valence-corrected chi connectivity index (χ0v) is 19.2. The number of anilines is 1. The van der Waals surface area contributed by atoms with Crippen LogP contribution in [0.2, 0.25) is 5.02 Å². The molecule has 0 bridgehead atoms. The van der Waals surface area contributed by atoms with Crippen LogP contribution < -0.4 is 20.3 Å². The lowest BCUT2D eigenvalue weighted by atomic mass is 10.0. The van der Waals surface area contributed by atoms with E-state index in [1.807, 2.05) is 24.3 Å². The first kappa shape index (κ1) is 21.8. The molecule has 166 valence electrons. The molecule has 0 spiro atoms. The van der Waals surface area contributed by atoms with Crippen molar-refractivity contribution < 1.29 is 4.74 Å². The Labute approximate surface area is 190 Å². The summed E-state index contributed by atoms with van der Waals surface area (Å²) in [6.45, 7) is 8.24. The molecule has 7 heteroatoms. The predicted molar refractivity (Wildman–Crippen MR) is 128 cm³/mol. The molecule has 1 fully saturated rings. The quantitative estimate of drug-likeness (QED) is 0.547. The Kier molecular flexibility index (Phi) is 7.20. The lowest BCUT2D eigenvalue weighted by Crippen LogP contribution is -2.44. The van der Waals surface area contributed by atoms with E-state index in [0.717, 1.165) is 61.4 Å². The molecule has 2 heterocycles. The largest absolute Gasteiger partial charge is 0.493 e. The number of likely N-dealkylation sites (N-methyl/N-ethyl adjacent to an activating group) is 1. The number of benzene rings is 2. The van der Waals surface area contributed by atoms with Gasteiger partial charge in [-0.05, 0) is 32.2 Å². The number of piperazine rings is 1. The zero-order valence-electron chi connectivity index (χ0n) is 18.4. The maximum atomic E-state index is 6.63. The van der Waals surface area contributed by atoms with Gasteiger partial charge in [-0.25, -0.2) is 4.99 Å². The van der Waals surface area contributed by atoms with Crippen LogP contribution in [0.4, 0.5) is 5.69 Å². The Bertz CT molecular complexity index is 911. The maximum Gasteiger partial charge on any atom is 0.192 e. The molecular formula is C24H32ClN5O. The van der Waals surface area contributed by atoms with E-state index in [0.29, 0.717) is 13.2 Å². The summed E-state index contributed by atoms with van der Waals surface area (Å²) in [4.78, 5) is 9.70. The molecule has 6 nitrogen and oxygen atoms in total. The van der Waals surface area contributed by atoms with E-state index in [1.165, 1.54) is 11.3 Å². The summed E-state index contributed by atoms with van der Waals surface area (Å²) in [5, 5.41) is 7.76. The number of ether oxygens (including phenoxy) is 1. The van der Waals surface area contributed by atoms with Gasteiger partial charge >= 0.3 is 0 Å². The van der Waals surface area contributed by atoms with Crippen LogP contribution in [0, 0.1) is 0 Å². The van der Waals surface area contributed by atoms with Crippen molar-refractivity contribution >= 4 is 23.2 Å². The van der Waals surface area contributed by atoms with E-state index < -0.39 is 0 Å². The Morgan fingerprint density at radius 1 is 1.13 bits per heavy atom. The first-order valence-corrected chi connectivity index (χ1v) is 11.5. The van der Waals surface area contributed by atoms with E-state index in [-0.39, 0.29) is 6.04 Å². The summed E-state index contributed by atoms with van der Waals surface area (Å²) in [5.74, 6) is 1.75. The number of para-hydroxylation sites is 1. The monoisotopic (exact) mass is 441 g/mol. The fourth-order valence-electron chi connectivity index (χ4n) is 4.18. The summed E-state index contributed by atoms with van der Waals surface area (Å²) in [6, 6.07) is 14.5. The summed E-state index contributed by atoms with van der Waals surface area (Å²) in [6.07, 6.45) is 0.903. The number of aliphatic imine (C=N–C) groups is 1. The topological polar surface area (TPSA) is 52.1 Å². The van der Waals surface area contributed by atoms with Crippen molar-refractivity contribution in [1.29, 1.82) is 0 Å². The SMILES string of the molecule is CCNC(=NCc1c(Cl)cccc1N1CCN(C)CC1)NC1CCOc2ccccc21. The van der Waals surface area contributed by atoms with E-state index >= 15 is 0 Å². The van der Waals surface area contributed by atoms with Gasteiger partial charge in [0, 0.05) is 61.0 Å². The minimum absolute atomic E-state index is 0.172. The van der Waals surface area contributed by atoms with E-state index in [1.54, 1.807) is 0 Å². The van der Waals surface area contributed by atoms with Crippen molar-refractivity contribution in [1.82, 2.24) is 15.5 Å². The first-order valence-electron chi connectivity index (χ1n) is 11.1. The molecule has 2 aromatic carbocycles. The fraction of sp³-hybridized carbons (Fsp3) is 0.458. The Morgan fingerprint density at radius 2 is 1.94 bits per heavy atom. The maximum absolute atomic E-state index is 6.63. The van der Waals surface area contributed by atoms with Crippen molar-refractivity contribution in [3.63, 3.8) is 0 Å². The normalized spacial score (nSPS) is 19.5. The third kappa shape index (κ3) is 5.25. The minimum atomic E-state index is 0.172. The fourth-order valence-corrected chi connectivity index (χ4v) is 4.41.